The summed E-state index contributed by atoms with van der Waals surface area (Å²) in [4.78, 5) is 11.2. The van der Waals surface area contributed by atoms with E-state index >= 15 is 0 Å². The van der Waals surface area contributed by atoms with Crippen LogP contribution in [0.4, 0.5) is 0 Å². The summed E-state index contributed by atoms with van der Waals surface area (Å²) in [5.41, 5.74) is 3.39. The van der Waals surface area contributed by atoms with Crippen molar-refractivity contribution in [2.45, 2.75) is 19.4 Å². The molecule has 146 valence electrons. The maximum absolute atomic E-state index is 5.51. The van der Waals surface area contributed by atoms with Crippen molar-refractivity contribution in [3.63, 3.8) is 0 Å². The summed E-state index contributed by atoms with van der Waals surface area (Å²) < 4.78 is 5.51. The first kappa shape index (κ1) is 19.0. The molecule has 29 heavy (non-hydrogen) atoms. The molecule has 5 nitrogen and oxygen atoms in total. The Morgan fingerprint density at radius 2 is 1.34 bits per heavy atom. The first-order valence-corrected chi connectivity index (χ1v) is 9.91. The highest BCUT2D eigenvalue weighted by Gasteiger charge is 2.14. The topological polar surface area (TPSA) is 55.1 Å². The number of aromatic nitrogens is 3. The molecule has 2 aromatic heterocycles. The highest BCUT2D eigenvalue weighted by molar-refractivity contribution is 5.46. The normalized spacial score (nSPS) is 11.1. The largest absolute Gasteiger partial charge is 0.337 e. The van der Waals surface area contributed by atoms with E-state index in [9.17, 15) is 0 Å². The average molecular weight is 384 g/mol. The molecular weight excluding hydrogens is 360 g/mol. The van der Waals surface area contributed by atoms with E-state index in [1.54, 1.807) is 6.20 Å². The quantitative estimate of drug-likeness (QED) is 0.428. The molecule has 0 aliphatic heterocycles. The van der Waals surface area contributed by atoms with Crippen molar-refractivity contribution in [3.05, 3.63) is 102 Å². The van der Waals surface area contributed by atoms with Crippen LogP contribution in [-0.2, 0) is 19.4 Å². The lowest BCUT2D eigenvalue weighted by Gasteiger charge is -2.20. The molecule has 0 radical (unpaired) electrons. The second-order valence-electron chi connectivity index (χ2n) is 6.97. The van der Waals surface area contributed by atoms with Crippen molar-refractivity contribution < 1.29 is 4.52 Å². The first-order valence-electron chi connectivity index (χ1n) is 9.91. The minimum Gasteiger partial charge on any atom is -0.337 e. The Morgan fingerprint density at radius 1 is 0.724 bits per heavy atom. The van der Waals surface area contributed by atoms with Gasteiger partial charge >= 0.3 is 0 Å². The molecule has 0 N–H and O–H groups in total. The molecule has 0 aliphatic carbocycles. The van der Waals surface area contributed by atoms with Crippen molar-refractivity contribution in [2.24, 2.45) is 0 Å². The lowest BCUT2D eigenvalue weighted by Crippen LogP contribution is -2.28. The monoisotopic (exact) mass is 384 g/mol. The minimum absolute atomic E-state index is 0.534. The van der Waals surface area contributed by atoms with E-state index in [1.807, 2.05) is 30.3 Å². The number of hydrogen-bond donors (Lipinski definition) is 0. The van der Waals surface area contributed by atoms with Crippen LogP contribution in [-0.4, -0.2) is 33.1 Å². The zero-order valence-corrected chi connectivity index (χ0v) is 16.3. The van der Waals surface area contributed by atoms with Crippen LogP contribution in [0.25, 0.3) is 11.5 Å². The van der Waals surface area contributed by atoms with Gasteiger partial charge in [0.2, 0.25) is 11.7 Å². The van der Waals surface area contributed by atoms with Gasteiger partial charge in [-0.2, -0.15) is 4.98 Å². The van der Waals surface area contributed by atoms with Gasteiger partial charge in [-0.05, 0) is 36.1 Å². The van der Waals surface area contributed by atoms with E-state index in [4.69, 9.17) is 4.52 Å². The third kappa shape index (κ3) is 5.59. The van der Waals surface area contributed by atoms with E-state index in [0.29, 0.717) is 18.3 Å². The Morgan fingerprint density at radius 3 is 1.93 bits per heavy atom. The second kappa shape index (κ2) is 9.75. The Bertz CT molecular complexity index is 944. The van der Waals surface area contributed by atoms with Gasteiger partial charge in [0.05, 0.1) is 6.54 Å². The summed E-state index contributed by atoms with van der Waals surface area (Å²) in [5, 5.41) is 4.10. The second-order valence-corrected chi connectivity index (χ2v) is 6.97. The van der Waals surface area contributed by atoms with Crippen LogP contribution in [0.5, 0.6) is 0 Å². The molecule has 0 unspecified atom stereocenters. The SMILES string of the molecule is c1ccc(CCN(CCc2ccccc2)Cc2nc(-c3ccccn3)no2)cc1. The standard InChI is InChI=1S/C24H24N4O/c1-3-9-20(10-4-1)14-17-28(18-15-21-11-5-2-6-12-21)19-23-26-24(27-29-23)22-13-7-8-16-25-22/h1-13,16H,14-15,17-19H2. The molecule has 2 aromatic carbocycles. The van der Waals surface area contributed by atoms with Gasteiger partial charge in [-0.3, -0.25) is 9.88 Å². The number of pyridine rings is 1. The molecule has 0 saturated carbocycles. The van der Waals surface area contributed by atoms with Crippen molar-refractivity contribution in [3.8, 4) is 11.5 Å². The number of rotatable bonds is 9. The van der Waals surface area contributed by atoms with E-state index in [2.05, 4.69) is 68.6 Å². The molecule has 0 saturated heterocycles. The van der Waals surface area contributed by atoms with Crippen LogP contribution < -0.4 is 0 Å². The van der Waals surface area contributed by atoms with Crippen molar-refractivity contribution in [1.29, 1.82) is 0 Å². The van der Waals surface area contributed by atoms with Gasteiger partial charge < -0.3 is 4.52 Å². The van der Waals surface area contributed by atoms with Crippen molar-refractivity contribution in [2.75, 3.05) is 13.1 Å². The highest BCUT2D eigenvalue weighted by atomic mass is 16.5. The lowest BCUT2D eigenvalue weighted by atomic mass is 10.1. The highest BCUT2D eigenvalue weighted by Crippen LogP contribution is 2.14. The summed E-state index contributed by atoms with van der Waals surface area (Å²) in [6.45, 7) is 2.48. The van der Waals surface area contributed by atoms with E-state index in [1.165, 1.54) is 11.1 Å². The lowest BCUT2D eigenvalue weighted by molar-refractivity contribution is 0.230. The van der Waals surface area contributed by atoms with Crippen molar-refractivity contribution >= 4 is 0 Å². The van der Waals surface area contributed by atoms with E-state index < -0.39 is 0 Å². The van der Waals surface area contributed by atoms with Crippen LogP contribution in [0, 0.1) is 0 Å². The van der Waals surface area contributed by atoms with Crippen LogP contribution in [0.1, 0.15) is 17.0 Å². The molecular formula is C24H24N4O. The zero-order valence-electron chi connectivity index (χ0n) is 16.3. The summed E-state index contributed by atoms with van der Waals surface area (Å²) in [6, 6.07) is 26.8. The fourth-order valence-electron chi connectivity index (χ4n) is 3.24. The number of benzene rings is 2. The van der Waals surface area contributed by atoms with E-state index in [0.717, 1.165) is 31.6 Å². The molecule has 4 rings (SSSR count). The van der Waals surface area contributed by atoms with Crippen LogP contribution >= 0.6 is 0 Å². The fourth-order valence-corrected chi connectivity index (χ4v) is 3.24. The molecule has 0 aliphatic rings. The molecule has 4 aromatic rings. The van der Waals surface area contributed by atoms with E-state index in [-0.39, 0.29) is 0 Å². The van der Waals surface area contributed by atoms with Gasteiger partial charge in [0.25, 0.3) is 0 Å². The summed E-state index contributed by atoms with van der Waals surface area (Å²) >= 11 is 0. The Kier molecular flexibility index (Phi) is 6.40. The predicted molar refractivity (Wildman–Crippen MR) is 113 cm³/mol. The Hall–Kier alpha value is -3.31. The van der Waals surface area contributed by atoms with Crippen LogP contribution in [0.3, 0.4) is 0 Å². The Balaban J connectivity index is 1.43. The maximum atomic E-state index is 5.51. The molecule has 5 heteroatoms. The maximum Gasteiger partial charge on any atom is 0.241 e. The van der Waals surface area contributed by atoms with Gasteiger partial charge in [-0.15, -0.1) is 0 Å². The van der Waals surface area contributed by atoms with Gasteiger partial charge in [-0.25, -0.2) is 0 Å². The summed E-state index contributed by atoms with van der Waals surface area (Å²) in [6.07, 6.45) is 3.70. The third-order valence-corrected chi connectivity index (χ3v) is 4.84. The first-order chi connectivity index (χ1) is 14.4. The molecule has 0 spiro atoms. The van der Waals surface area contributed by atoms with Gasteiger partial charge in [0, 0.05) is 19.3 Å². The molecule has 0 atom stereocenters. The molecule has 0 fully saturated rings. The molecule has 0 bridgehead atoms. The van der Waals surface area contributed by atoms with Gasteiger partial charge in [0.15, 0.2) is 0 Å². The molecule has 2 heterocycles. The number of nitrogens with zero attached hydrogens (tertiary/aromatic N) is 4. The van der Waals surface area contributed by atoms with Crippen LogP contribution in [0.15, 0.2) is 89.6 Å². The predicted octanol–water partition coefficient (Wildman–Crippen LogP) is 4.42. The molecule has 0 amide bonds. The summed E-state index contributed by atoms with van der Waals surface area (Å²) in [5.74, 6) is 1.15. The van der Waals surface area contributed by atoms with Crippen LogP contribution in [0.2, 0.25) is 0 Å². The smallest absolute Gasteiger partial charge is 0.241 e. The average Bonchev–Trinajstić information content (AvgIpc) is 3.26. The van der Waals surface area contributed by atoms with Gasteiger partial charge in [0.1, 0.15) is 5.69 Å². The van der Waals surface area contributed by atoms with Crippen molar-refractivity contribution in [1.82, 2.24) is 20.0 Å². The zero-order chi connectivity index (χ0) is 19.7. The fraction of sp³-hybridized carbons (Fsp3) is 0.208. The van der Waals surface area contributed by atoms with Gasteiger partial charge in [-0.1, -0.05) is 71.9 Å². The third-order valence-electron chi connectivity index (χ3n) is 4.84. The summed E-state index contributed by atoms with van der Waals surface area (Å²) in [7, 11) is 0. The number of hydrogen-bond acceptors (Lipinski definition) is 5. The Labute approximate surface area is 171 Å². The minimum atomic E-state index is 0.534.